The van der Waals surface area contributed by atoms with Gasteiger partial charge in [-0.2, -0.15) is 0 Å². The molecule has 3 aromatic rings. The number of anilines is 2. The van der Waals surface area contributed by atoms with Crippen LogP contribution in [-0.4, -0.2) is 24.7 Å². The fourth-order valence-corrected chi connectivity index (χ4v) is 11.8. The first-order chi connectivity index (χ1) is 24.4. The van der Waals surface area contributed by atoms with Gasteiger partial charge in [-0.25, -0.2) is 0 Å². The van der Waals surface area contributed by atoms with E-state index in [9.17, 15) is 9.90 Å². The predicted molar refractivity (Wildman–Crippen MR) is 213 cm³/mol. The number of ether oxygens (including phenoxy) is 1. The largest absolute Gasteiger partial charge is 0.496 e. The Morgan fingerprint density at radius 1 is 0.843 bits per heavy atom. The number of rotatable bonds is 11. The van der Waals surface area contributed by atoms with Gasteiger partial charge < -0.3 is 14.7 Å². The van der Waals surface area contributed by atoms with E-state index in [1.54, 1.807) is 18.9 Å². The molecule has 0 aromatic heterocycles. The topological polar surface area (TPSA) is 49.8 Å². The van der Waals surface area contributed by atoms with Gasteiger partial charge in [-0.3, -0.25) is 4.79 Å². The quantitative estimate of drug-likeness (QED) is 0.202. The average Bonchev–Trinajstić information content (AvgIpc) is 3.08. The van der Waals surface area contributed by atoms with Crippen molar-refractivity contribution in [2.45, 2.75) is 115 Å². The lowest BCUT2D eigenvalue weighted by molar-refractivity contribution is -0.117. The first-order valence-electron chi connectivity index (χ1n) is 19.3. The van der Waals surface area contributed by atoms with Crippen LogP contribution in [0.2, 0.25) is 0 Å². The molecule has 4 bridgehead atoms. The van der Waals surface area contributed by atoms with Gasteiger partial charge in [-0.1, -0.05) is 95.8 Å². The summed E-state index contributed by atoms with van der Waals surface area (Å²) in [5, 5.41) is 10.7. The molecule has 0 aliphatic heterocycles. The number of carbonyl (C=O) groups excluding carboxylic acids is 1. The Bertz CT molecular complexity index is 1770. The number of nitrogens with zero attached hydrogens (tertiary/aromatic N) is 1. The number of Topliss-reactive ketones (excluding diaryl/α,β-unsaturated/α-hetero) is 1. The van der Waals surface area contributed by atoms with Crippen molar-refractivity contribution in [1.82, 2.24) is 0 Å². The van der Waals surface area contributed by atoms with E-state index >= 15 is 0 Å². The number of hydrogen-bond donors (Lipinski definition) is 1. The maximum Gasteiger partial charge on any atom is 0.170 e. The Labute approximate surface area is 310 Å². The van der Waals surface area contributed by atoms with Gasteiger partial charge in [-0.05, 0) is 138 Å². The highest BCUT2D eigenvalue weighted by Crippen LogP contribution is 2.62. The summed E-state index contributed by atoms with van der Waals surface area (Å²) in [6, 6.07) is 21.5. The number of hydrogen-bond acceptors (Lipinski definition) is 5. The lowest BCUT2D eigenvalue weighted by atomic mass is 9.48. The molecule has 8 rings (SSSR count). The molecule has 4 nitrogen and oxygen atoms in total. The molecule has 0 spiro atoms. The van der Waals surface area contributed by atoms with Crippen molar-refractivity contribution in [3.63, 3.8) is 0 Å². The molecule has 0 radical (unpaired) electrons. The van der Waals surface area contributed by atoms with Crippen molar-refractivity contribution in [3.8, 4) is 5.75 Å². The van der Waals surface area contributed by atoms with E-state index < -0.39 is 0 Å². The highest BCUT2D eigenvalue weighted by atomic mass is 32.2. The molecule has 4 saturated carbocycles. The number of ketones is 1. The second-order valence-corrected chi connectivity index (χ2v) is 18.6. The van der Waals surface area contributed by atoms with Crippen LogP contribution in [0.3, 0.4) is 0 Å². The SMILES string of the molecule is COc1ccc(N(CO)c2ccc(/C=C/C3=C(Sc4c(C(C)C)cccc4C(C)C)C(=O)CC(C)(C)C3)cc2)cc1C12CC3CC(CC(C3)C1)C2. The number of benzene rings is 3. The normalized spacial score (nSPS) is 25.5. The van der Waals surface area contributed by atoms with E-state index in [-0.39, 0.29) is 23.3 Å². The second kappa shape index (κ2) is 14.3. The number of aliphatic hydroxyl groups is 1. The molecule has 51 heavy (non-hydrogen) atoms. The molecule has 5 aliphatic carbocycles. The van der Waals surface area contributed by atoms with Crippen LogP contribution < -0.4 is 9.64 Å². The van der Waals surface area contributed by atoms with Crippen molar-refractivity contribution in [2.75, 3.05) is 18.7 Å². The van der Waals surface area contributed by atoms with Gasteiger partial charge in [0.15, 0.2) is 5.78 Å². The van der Waals surface area contributed by atoms with Gasteiger partial charge in [0.05, 0.1) is 12.0 Å². The summed E-state index contributed by atoms with van der Waals surface area (Å²) in [5.74, 6) is 4.51. The minimum Gasteiger partial charge on any atom is -0.496 e. The third kappa shape index (κ3) is 7.22. The van der Waals surface area contributed by atoms with E-state index in [0.717, 1.165) is 57.3 Å². The fourth-order valence-electron chi connectivity index (χ4n) is 10.3. The standard InChI is InChI=1S/C46H57NO3S/c1-29(2)38-9-8-10-39(30(3)4)44(38)51-43-35(26-45(5,6)27-41(43)49)14-11-31-12-15-36(16-13-31)47(28-48)37-17-18-42(50-7)40(22-37)46-23-32-19-33(24-46)21-34(20-32)25-46/h8-18,22,29-30,32-34,48H,19-21,23-28H2,1-7H3/b14-11+. The van der Waals surface area contributed by atoms with Gasteiger partial charge in [-0.15, -0.1) is 0 Å². The zero-order valence-corrected chi connectivity index (χ0v) is 32.6. The molecule has 0 saturated heterocycles. The fraction of sp³-hybridized carbons (Fsp3) is 0.500. The summed E-state index contributed by atoms with van der Waals surface area (Å²) < 4.78 is 5.98. The molecule has 5 heteroatoms. The first kappa shape index (κ1) is 36.1. The Morgan fingerprint density at radius 3 is 1.98 bits per heavy atom. The Balaban J connectivity index is 1.17. The maximum atomic E-state index is 13.8. The number of carbonyl (C=O) groups is 1. The van der Waals surface area contributed by atoms with E-state index in [1.165, 1.54) is 60.1 Å². The lowest BCUT2D eigenvalue weighted by Crippen LogP contribution is -2.48. The zero-order chi connectivity index (χ0) is 36.1. The summed E-state index contributed by atoms with van der Waals surface area (Å²) in [5.41, 5.74) is 8.21. The smallest absolute Gasteiger partial charge is 0.170 e. The van der Waals surface area contributed by atoms with Crippen LogP contribution >= 0.6 is 11.8 Å². The molecule has 1 N–H and O–H groups in total. The number of allylic oxidation sites excluding steroid dienone is 3. The van der Waals surface area contributed by atoms with Gasteiger partial charge >= 0.3 is 0 Å². The first-order valence-corrected chi connectivity index (χ1v) is 20.1. The minimum atomic E-state index is -0.108. The van der Waals surface area contributed by atoms with Crippen molar-refractivity contribution in [1.29, 1.82) is 0 Å². The highest BCUT2D eigenvalue weighted by molar-refractivity contribution is 8.04. The van der Waals surface area contributed by atoms with Crippen molar-refractivity contribution < 1.29 is 14.6 Å². The minimum absolute atomic E-state index is 0.0852. The lowest BCUT2D eigenvalue weighted by Gasteiger charge is -2.57. The van der Waals surface area contributed by atoms with Crippen LogP contribution in [0.1, 0.15) is 127 Å². The second-order valence-electron chi connectivity index (χ2n) is 17.5. The van der Waals surface area contributed by atoms with Crippen LogP contribution in [0.5, 0.6) is 5.75 Å². The average molecular weight is 704 g/mol. The molecule has 0 amide bonds. The number of thioether (sulfide) groups is 1. The Hall–Kier alpha value is -3.28. The van der Waals surface area contributed by atoms with Crippen LogP contribution in [0, 0.1) is 23.2 Å². The Morgan fingerprint density at radius 2 is 1.43 bits per heavy atom. The summed E-state index contributed by atoms with van der Waals surface area (Å²) in [7, 11) is 1.80. The summed E-state index contributed by atoms with van der Waals surface area (Å²) in [6.07, 6.45) is 13.8. The zero-order valence-electron chi connectivity index (χ0n) is 31.8. The molecule has 5 aliphatic rings. The molecular formula is C46H57NO3S. The molecule has 4 fully saturated rings. The molecular weight excluding hydrogens is 647 g/mol. The Kier molecular flexibility index (Phi) is 10.1. The van der Waals surface area contributed by atoms with Crippen molar-refractivity contribution >= 4 is 35.0 Å². The molecule has 0 unspecified atom stereocenters. The van der Waals surface area contributed by atoms with E-state index in [4.69, 9.17) is 4.74 Å². The number of aliphatic hydroxyl groups excluding tert-OH is 1. The van der Waals surface area contributed by atoms with Gasteiger partial charge in [0.2, 0.25) is 0 Å². The van der Waals surface area contributed by atoms with Crippen LogP contribution in [0.25, 0.3) is 6.08 Å². The molecule has 0 heterocycles. The highest BCUT2D eigenvalue weighted by Gasteiger charge is 2.52. The maximum absolute atomic E-state index is 13.8. The molecule has 270 valence electrons. The van der Waals surface area contributed by atoms with E-state index in [0.29, 0.717) is 18.3 Å². The van der Waals surface area contributed by atoms with Gasteiger partial charge in [0.1, 0.15) is 12.5 Å². The summed E-state index contributed by atoms with van der Waals surface area (Å²) in [6.45, 7) is 13.3. The van der Waals surface area contributed by atoms with Crippen LogP contribution in [-0.2, 0) is 10.2 Å². The van der Waals surface area contributed by atoms with Crippen LogP contribution in [0.4, 0.5) is 11.4 Å². The third-order valence-electron chi connectivity index (χ3n) is 12.3. The summed E-state index contributed by atoms with van der Waals surface area (Å²) >= 11 is 1.69. The van der Waals surface area contributed by atoms with E-state index in [1.807, 2.05) is 4.90 Å². The monoisotopic (exact) mass is 703 g/mol. The molecule has 3 aromatic carbocycles. The van der Waals surface area contributed by atoms with E-state index in [2.05, 4.69) is 114 Å². The van der Waals surface area contributed by atoms with Gasteiger partial charge in [0, 0.05) is 28.3 Å². The predicted octanol–water partition coefficient (Wildman–Crippen LogP) is 11.9. The van der Waals surface area contributed by atoms with Crippen molar-refractivity contribution in [2.24, 2.45) is 23.2 Å². The summed E-state index contributed by atoms with van der Waals surface area (Å²) in [4.78, 5) is 17.9. The number of methoxy groups -OCH3 is 1. The van der Waals surface area contributed by atoms with Crippen molar-refractivity contribution in [3.05, 3.63) is 99.5 Å². The molecule has 0 atom stereocenters. The van der Waals surface area contributed by atoms with Crippen LogP contribution in [0.15, 0.2) is 82.1 Å². The third-order valence-corrected chi connectivity index (χ3v) is 13.7. The van der Waals surface area contributed by atoms with Gasteiger partial charge in [0.25, 0.3) is 0 Å².